The molecule has 0 aliphatic rings. The van der Waals surface area contributed by atoms with Gasteiger partial charge in [-0.1, -0.05) is 340 Å². The molecule has 0 saturated heterocycles. The van der Waals surface area contributed by atoms with Crippen molar-refractivity contribution in [3.05, 3.63) is 24.3 Å². The second-order valence-electron chi connectivity index (χ2n) is 22.3. The molecule has 0 aromatic carbocycles. The number of carbonyl (C=O) groups is 1. The molecule has 0 aliphatic heterocycles. The highest BCUT2D eigenvalue weighted by Gasteiger charge is 2.22. The summed E-state index contributed by atoms with van der Waals surface area (Å²) >= 11 is 0. The van der Waals surface area contributed by atoms with Crippen LogP contribution in [0.3, 0.4) is 0 Å². The normalized spacial score (nSPS) is 13.3. The number of nitrogens with one attached hydrogen (secondary N) is 1. The van der Waals surface area contributed by atoms with Crippen LogP contribution in [-0.4, -0.2) is 46.1 Å². The molecule has 416 valence electrons. The standard InChI is InChI=1S/C65H127NO4/c1-3-5-7-9-11-13-15-17-19-21-23-25-27-28-29-30-31-32-33-34-35-36-37-38-40-42-44-46-48-50-52-54-56-58-60-64(69)65(70)66-62(61-67)63(68)59-57-55-53-51-49-47-45-43-41-39-26-24-22-20-18-16-14-12-10-8-6-4-2/h30-31,57,59,62-64,67-69H,3-29,32-56,58,60-61H2,1-2H3,(H,66,70)/b31-30-,59-57+. The average molecular weight is 987 g/mol. The summed E-state index contributed by atoms with van der Waals surface area (Å²) in [5, 5.41) is 33.5. The lowest BCUT2D eigenvalue weighted by molar-refractivity contribution is -0.131. The van der Waals surface area contributed by atoms with Gasteiger partial charge in [0.05, 0.1) is 18.8 Å². The molecule has 5 heteroatoms. The Labute approximate surface area is 439 Å². The lowest BCUT2D eigenvalue weighted by Crippen LogP contribution is -2.48. The third-order valence-electron chi connectivity index (χ3n) is 15.3. The van der Waals surface area contributed by atoms with Crippen LogP contribution in [0.15, 0.2) is 24.3 Å². The third-order valence-corrected chi connectivity index (χ3v) is 15.3. The second kappa shape index (κ2) is 60.4. The summed E-state index contributed by atoms with van der Waals surface area (Å²) in [6.07, 6.45) is 78.7. The van der Waals surface area contributed by atoms with Crippen LogP contribution < -0.4 is 5.32 Å². The van der Waals surface area contributed by atoms with Crippen LogP contribution in [0.2, 0.25) is 0 Å². The molecule has 0 rings (SSSR count). The first-order chi connectivity index (χ1) is 34.6. The van der Waals surface area contributed by atoms with Crippen LogP contribution in [0.5, 0.6) is 0 Å². The fourth-order valence-electron chi connectivity index (χ4n) is 10.3. The Hall–Kier alpha value is -1.17. The lowest BCUT2D eigenvalue weighted by atomic mass is 10.0. The van der Waals surface area contributed by atoms with Gasteiger partial charge in [0.1, 0.15) is 6.10 Å². The van der Waals surface area contributed by atoms with E-state index in [4.69, 9.17) is 0 Å². The van der Waals surface area contributed by atoms with Gasteiger partial charge in [-0.15, -0.1) is 0 Å². The first-order valence-corrected chi connectivity index (χ1v) is 32.2. The SMILES string of the molecule is CCCCCCCCCCCCCCCC/C=C\CCCCCCCCCCCCCCCCCCC(O)C(=O)NC(CO)C(O)/C=C/CCCCCCCCCCCCCCCCCCCCCC. The van der Waals surface area contributed by atoms with Crippen LogP contribution in [0, 0.1) is 0 Å². The van der Waals surface area contributed by atoms with Crippen molar-refractivity contribution >= 4 is 5.91 Å². The van der Waals surface area contributed by atoms with Gasteiger partial charge < -0.3 is 20.6 Å². The maximum Gasteiger partial charge on any atom is 0.249 e. The van der Waals surface area contributed by atoms with Crippen LogP contribution in [0.4, 0.5) is 0 Å². The number of aliphatic hydroxyl groups is 3. The number of allylic oxidation sites excluding steroid dienone is 3. The van der Waals surface area contributed by atoms with Gasteiger partial charge in [0, 0.05) is 0 Å². The number of aliphatic hydroxyl groups excluding tert-OH is 3. The zero-order valence-corrected chi connectivity index (χ0v) is 47.7. The molecule has 0 aromatic rings. The molecule has 0 aliphatic carbocycles. The van der Waals surface area contributed by atoms with E-state index < -0.39 is 24.2 Å². The molecule has 3 unspecified atom stereocenters. The molecule has 4 N–H and O–H groups in total. The van der Waals surface area contributed by atoms with Crippen molar-refractivity contribution in [1.29, 1.82) is 0 Å². The maximum atomic E-state index is 12.6. The molecule has 5 nitrogen and oxygen atoms in total. The van der Waals surface area contributed by atoms with E-state index in [-0.39, 0.29) is 6.61 Å². The smallest absolute Gasteiger partial charge is 0.249 e. The highest BCUT2D eigenvalue weighted by atomic mass is 16.3. The highest BCUT2D eigenvalue weighted by molar-refractivity contribution is 5.80. The Morgan fingerprint density at radius 3 is 0.829 bits per heavy atom. The molecule has 0 heterocycles. The van der Waals surface area contributed by atoms with E-state index in [2.05, 4.69) is 31.3 Å². The predicted octanol–water partition coefficient (Wildman–Crippen LogP) is 20.4. The Morgan fingerprint density at radius 1 is 0.343 bits per heavy atom. The van der Waals surface area contributed by atoms with Gasteiger partial charge in [0.25, 0.3) is 0 Å². The van der Waals surface area contributed by atoms with E-state index in [1.165, 1.54) is 308 Å². The van der Waals surface area contributed by atoms with Crippen molar-refractivity contribution in [3.8, 4) is 0 Å². The Kier molecular flexibility index (Phi) is 59.4. The number of unbranched alkanes of at least 4 members (excludes halogenated alkanes) is 50. The Balaban J connectivity index is 3.49. The van der Waals surface area contributed by atoms with E-state index in [0.29, 0.717) is 6.42 Å². The van der Waals surface area contributed by atoms with Gasteiger partial charge in [-0.3, -0.25) is 4.79 Å². The van der Waals surface area contributed by atoms with Crippen LogP contribution in [0.25, 0.3) is 0 Å². The topological polar surface area (TPSA) is 89.8 Å². The maximum absolute atomic E-state index is 12.6. The van der Waals surface area contributed by atoms with Gasteiger partial charge in [-0.25, -0.2) is 0 Å². The minimum absolute atomic E-state index is 0.360. The quantitative estimate of drug-likeness (QED) is 0.0361. The van der Waals surface area contributed by atoms with Crippen LogP contribution >= 0.6 is 0 Å². The summed E-state index contributed by atoms with van der Waals surface area (Å²) < 4.78 is 0. The molecule has 0 radical (unpaired) electrons. The molecule has 0 aromatic heterocycles. The lowest BCUT2D eigenvalue weighted by Gasteiger charge is -2.21. The Morgan fingerprint density at radius 2 is 0.571 bits per heavy atom. The minimum Gasteiger partial charge on any atom is -0.394 e. The molecule has 70 heavy (non-hydrogen) atoms. The largest absolute Gasteiger partial charge is 0.394 e. The van der Waals surface area contributed by atoms with E-state index in [9.17, 15) is 20.1 Å². The van der Waals surface area contributed by atoms with Crippen molar-refractivity contribution in [2.45, 2.75) is 379 Å². The monoisotopic (exact) mass is 986 g/mol. The van der Waals surface area contributed by atoms with Crippen LogP contribution in [-0.2, 0) is 4.79 Å². The average Bonchev–Trinajstić information content (AvgIpc) is 3.36. The second-order valence-corrected chi connectivity index (χ2v) is 22.3. The summed E-state index contributed by atoms with van der Waals surface area (Å²) in [5.41, 5.74) is 0. The Bertz CT molecular complexity index is 1040. The van der Waals surface area contributed by atoms with Crippen molar-refractivity contribution in [3.63, 3.8) is 0 Å². The molecule has 0 spiro atoms. The number of rotatable bonds is 60. The number of amides is 1. The molecule has 1 amide bonds. The van der Waals surface area contributed by atoms with Crippen molar-refractivity contribution < 1.29 is 20.1 Å². The van der Waals surface area contributed by atoms with Crippen molar-refractivity contribution in [2.75, 3.05) is 6.61 Å². The fraction of sp³-hybridized carbons (Fsp3) is 0.923. The fourth-order valence-corrected chi connectivity index (χ4v) is 10.3. The van der Waals surface area contributed by atoms with Gasteiger partial charge in [0.15, 0.2) is 0 Å². The summed E-state index contributed by atoms with van der Waals surface area (Å²) in [7, 11) is 0. The molecule has 0 bridgehead atoms. The summed E-state index contributed by atoms with van der Waals surface area (Å²) in [5.74, 6) is -0.496. The zero-order valence-electron chi connectivity index (χ0n) is 47.7. The first-order valence-electron chi connectivity index (χ1n) is 32.2. The van der Waals surface area contributed by atoms with Crippen molar-refractivity contribution in [1.82, 2.24) is 5.32 Å². The molecule has 3 atom stereocenters. The van der Waals surface area contributed by atoms with Crippen LogP contribution in [0.1, 0.15) is 361 Å². The third kappa shape index (κ3) is 54.6. The molecule has 0 fully saturated rings. The molecular weight excluding hydrogens is 859 g/mol. The zero-order chi connectivity index (χ0) is 50.7. The van der Waals surface area contributed by atoms with E-state index in [1.807, 2.05) is 6.08 Å². The number of hydrogen-bond donors (Lipinski definition) is 4. The highest BCUT2D eigenvalue weighted by Crippen LogP contribution is 2.18. The van der Waals surface area contributed by atoms with Gasteiger partial charge in [-0.05, 0) is 44.9 Å². The van der Waals surface area contributed by atoms with E-state index in [0.717, 1.165) is 32.1 Å². The first kappa shape index (κ1) is 68.8. The predicted molar refractivity (Wildman–Crippen MR) is 310 cm³/mol. The van der Waals surface area contributed by atoms with Gasteiger partial charge >= 0.3 is 0 Å². The van der Waals surface area contributed by atoms with E-state index >= 15 is 0 Å². The minimum atomic E-state index is -1.10. The van der Waals surface area contributed by atoms with Gasteiger partial charge in [0.2, 0.25) is 5.91 Å². The van der Waals surface area contributed by atoms with Crippen molar-refractivity contribution in [2.24, 2.45) is 0 Å². The molecule has 0 saturated carbocycles. The van der Waals surface area contributed by atoms with E-state index in [1.54, 1.807) is 6.08 Å². The summed E-state index contributed by atoms with van der Waals surface area (Å²) in [4.78, 5) is 12.6. The molecular formula is C65H127NO4. The summed E-state index contributed by atoms with van der Waals surface area (Å²) in [6.45, 7) is 4.23. The van der Waals surface area contributed by atoms with Gasteiger partial charge in [-0.2, -0.15) is 0 Å². The number of hydrogen-bond acceptors (Lipinski definition) is 4. The summed E-state index contributed by atoms with van der Waals surface area (Å²) in [6, 6.07) is -0.797. The number of carbonyl (C=O) groups excluding carboxylic acids is 1.